The summed E-state index contributed by atoms with van der Waals surface area (Å²) in [4.78, 5) is 9.24. The van der Waals surface area contributed by atoms with Crippen LogP contribution in [0.1, 0.15) is 33.1 Å². The average molecular weight is 552 g/mol. The second-order valence-electron chi connectivity index (χ2n) is 12.5. The van der Waals surface area contributed by atoms with Crippen molar-refractivity contribution in [3.63, 3.8) is 0 Å². The Morgan fingerprint density at radius 2 is 2.00 bits per heavy atom. The molecule has 0 radical (unpaired) electrons. The molecule has 0 aromatic rings. The van der Waals surface area contributed by atoms with Crippen LogP contribution in [-0.4, -0.2) is 93.0 Å². The van der Waals surface area contributed by atoms with Crippen LogP contribution in [0.5, 0.6) is 0 Å². The number of halogens is 1. The second kappa shape index (κ2) is 10.3. The molecule has 8 unspecified atom stereocenters. The van der Waals surface area contributed by atoms with Crippen molar-refractivity contribution in [2.75, 3.05) is 53.1 Å². The van der Waals surface area contributed by atoms with Crippen LogP contribution in [0.4, 0.5) is 4.39 Å². The molecule has 0 spiro atoms. The van der Waals surface area contributed by atoms with E-state index in [9.17, 15) is 0 Å². The number of hydrogen-bond donors (Lipinski definition) is 2. The lowest BCUT2D eigenvalue weighted by molar-refractivity contribution is -0.00909. The Hall–Kier alpha value is -2.65. The third kappa shape index (κ3) is 4.69. The van der Waals surface area contributed by atoms with Gasteiger partial charge in [-0.25, -0.2) is 9.38 Å². The molecule has 2 heterocycles. The molecule has 8 nitrogen and oxygen atoms in total. The van der Waals surface area contributed by atoms with Crippen molar-refractivity contribution in [2.24, 2.45) is 34.6 Å². The van der Waals surface area contributed by atoms with Crippen molar-refractivity contribution in [2.45, 2.75) is 51.4 Å². The van der Waals surface area contributed by atoms with E-state index in [4.69, 9.17) is 19.6 Å². The number of nitrogens with zero attached hydrogens (tertiary/aromatic N) is 3. The summed E-state index contributed by atoms with van der Waals surface area (Å²) >= 11 is 0. The molecule has 7 aliphatic rings. The Balaban J connectivity index is 0.992. The first-order chi connectivity index (χ1) is 19.4. The van der Waals surface area contributed by atoms with Crippen LogP contribution in [0.3, 0.4) is 0 Å². The first-order valence-electron chi connectivity index (χ1n) is 15.1. The molecule has 40 heavy (non-hydrogen) atoms. The molecule has 0 aromatic heterocycles. The molecule has 216 valence electrons. The van der Waals surface area contributed by atoms with E-state index in [2.05, 4.69) is 39.2 Å². The molecule has 5 aliphatic carbocycles. The number of fused-ring (bicyclic) bond motifs is 6. The Labute approximate surface area is 236 Å². The molecule has 0 amide bonds. The maximum Gasteiger partial charge on any atom is 0.215 e. The quantitative estimate of drug-likeness (QED) is 0.286. The number of aliphatic imine (C=N–C) groups is 1. The molecule has 3 fully saturated rings. The van der Waals surface area contributed by atoms with Gasteiger partial charge in [0.2, 0.25) is 5.90 Å². The van der Waals surface area contributed by atoms with Gasteiger partial charge in [0, 0.05) is 68.5 Å². The van der Waals surface area contributed by atoms with Gasteiger partial charge in [0.1, 0.15) is 18.0 Å². The van der Waals surface area contributed by atoms with E-state index in [-0.39, 0.29) is 17.9 Å². The van der Waals surface area contributed by atoms with E-state index in [0.29, 0.717) is 49.2 Å². The third-order valence-corrected chi connectivity index (χ3v) is 10.2. The van der Waals surface area contributed by atoms with Gasteiger partial charge >= 0.3 is 0 Å². The minimum Gasteiger partial charge on any atom is -0.497 e. The van der Waals surface area contributed by atoms with E-state index >= 15 is 4.39 Å². The normalized spacial score (nSPS) is 38.0. The fraction of sp³-hybridized carbons (Fsp3) is 0.677. The Morgan fingerprint density at radius 3 is 2.77 bits per heavy atom. The second-order valence-corrected chi connectivity index (χ2v) is 12.5. The highest BCUT2D eigenvalue weighted by molar-refractivity contribution is 5.96. The Kier molecular flexibility index (Phi) is 6.77. The van der Waals surface area contributed by atoms with E-state index in [0.717, 1.165) is 62.7 Å². The monoisotopic (exact) mass is 551 g/mol. The highest BCUT2D eigenvalue weighted by atomic mass is 19.1. The summed E-state index contributed by atoms with van der Waals surface area (Å²) < 4.78 is 34.6. The molecule has 8 atom stereocenters. The number of alkyl halides is 1. The van der Waals surface area contributed by atoms with E-state index in [1.54, 1.807) is 7.11 Å². The molecular formula is C31H42FN5O3. The zero-order valence-corrected chi connectivity index (χ0v) is 23.9. The van der Waals surface area contributed by atoms with Crippen molar-refractivity contribution in [1.29, 1.82) is 5.41 Å². The van der Waals surface area contributed by atoms with Gasteiger partial charge < -0.3 is 19.1 Å². The number of nitrogens with one attached hydrogen (secondary N) is 2. The number of piperazine rings is 1. The summed E-state index contributed by atoms with van der Waals surface area (Å²) in [5.74, 6) is 4.46. The van der Waals surface area contributed by atoms with Crippen molar-refractivity contribution in [1.82, 2.24) is 15.1 Å². The average Bonchev–Trinajstić information content (AvgIpc) is 3.88. The Bertz CT molecular complexity index is 1220. The predicted molar refractivity (Wildman–Crippen MR) is 152 cm³/mol. The van der Waals surface area contributed by atoms with Crippen LogP contribution in [0.25, 0.3) is 0 Å². The minimum atomic E-state index is -1.01. The van der Waals surface area contributed by atoms with Crippen LogP contribution in [0.15, 0.2) is 51.5 Å². The third-order valence-electron chi connectivity index (χ3n) is 10.2. The number of amidine groups is 1. The lowest BCUT2D eigenvalue weighted by Gasteiger charge is -2.41. The summed E-state index contributed by atoms with van der Waals surface area (Å²) in [7, 11) is 1.69. The number of ether oxygens (including phenoxy) is 3. The number of methoxy groups -OCH3 is 1. The summed E-state index contributed by atoms with van der Waals surface area (Å²) in [6, 6.07) is 0.0165. The first kappa shape index (κ1) is 26.3. The number of hydrogen-bond acceptors (Lipinski definition) is 7. The van der Waals surface area contributed by atoms with Crippen molar-refractivity contribution in [3.8, 4) is 0 Å². The van der Waals surface area contributed by atoms with E-state index < -0.39 is 12.3 Å². The minimum absolute atomic E-state index is 0.0165. The highest BCUT2D eigenvalue weighted by Crippen LogP contribution is 2.65. The van der Waals surface area contributed by atoms with Gasteiger partial charge in [-0.1, -0.05) is 17.7 Å². The number of rotatable bonds is 7. The van der Waals surface area contributed by atoms with Crippen molar-refractivity contribution >= 4 is 11.7 Å². The lowest BCUT2D eigenvalue weighted by atomic mass is 9.69. The lowest BCUT2D eigenvalue weighted by Crippen LogP contribution is -2.48. The van der Waals surface area contributed by atoms with Crippen molar-refractivity contribution in [3.05, 3.63) is 46.5 Å². The van der Waals surface area contributed by atoms with E-state index in [1.165, 1.54) is 11.1 Å². The topological polar surface area (TPSA) is 82.4 Å². The largest absolute Gasteiger partial charge is 0.497 e. The van der Waals surface area contributed by atoms with Gasteiger partial charge in [-0.2, -0.15) is 0 Å². The summed E-state index contributed by atoms with van der Waals surface area (Å²) in [5, 5.41) is 11.3. The summed E-state index contributed by atoms with van der Waals surface area (Å²) in [5.41, 5.74) is 3.64. The smallest absolute Gasteiger partial charge is 0.215 e. The molecule has 0 aromatic carbocycles. The van der Waals surface area contributed by atoms with Crippen LogP contribution < -0.4 is 5.32 Å². The van der Waals surface area contributed by atoms with Gasteiger partial charge in [-0.05, 0) is 50.2 Å². The fourth-order valence-corrected chi connectivity index (χ4v) is 7.86. The van der Waals surface area contributed by atoms with Gasteiger partial charge in [0.25, 0.3) is 0 Å². The van der Waals surface area contributed by atoms with Crippen LogP contribution in [0.2, 0.25) is 0 Å². The standard InChI is InChI=1S/C31H42FN5O3/c1-17-11-24-28(20-12-19(17)20)21-13-22(21)30(29(24)32)40-31-23-14-27(26(38-3)15-25(23)34-16-35-31)39-10-4-5-36-6-8-37(9-7-36)18(2)33/h11-12,14,20-22,24-25,28-30,33-34H,4-10,13,15-16H2,1-3H3. The van der Waals surface area contributed by atoms with Gasteiger partial charge in [-0.15, -0.1) is 0 Å². The molecule has 9 heteroatoms. The van der Waals surface area contributed by atoms with E-state index in [1.807, 2.05) is 13.0 Å². The predicted octanol–water partition coefficient (Wildman–Crippen LogP) is 3.65. The molecule has 0 bridgehead atoms. The number of allylic oxidation sites excluding steroid dienone is 5. The fourth-order valence-electron chi connectivity index (χ4n) is 7.86. The molecule has 7 rings (SSSR count). The maximum atomic E-state index is 16.1. The molecule has 2 N–H and O–H groups in total. The van der Waals surface area contributed by atoms with Crippen molar-refractivity contribution < 1.29 is 18.6 Å². The zero-order chi connectivity index (χ0) is 27.5. The van der Waals surface area contributed by atoms with Gasteiger partial charge in [-0.3, -0.25) is 15.6 Å². The van der Waals surface area contributed by atoms with Crippen LogP contribution >= 0.6 is 0 Å². The van der Waals surface area contributed by atoms with Crippen LogP contribution in [-0.2, 0) is 14.2 Å². The zero-order valence-electron chi connectivity index (χ0n) is 23.9. The molecule has 1 saturated heterocycles. The summed E-state index contributed by atoms with van der Waals surface area (Å²) in [6.45, 7) is 9.76. The van der Waals surface area contributed by atoms with Gasteiger partial charge in [0.15, 0.2) is 5.76 Å². The van der Waals surface area contributed by atoms with Gasteiger partial charge in [0.05, 0.1) is 26.2 Å². The SMILES string of the molecule is COC1=C(OCCCN2CCN(C(C)=N)CC2)C=C2C(OC3C(F)C4C=C(C)C5=CC5C4C4CC43)=NCNC2C1. The first-order valence-corrected chi connectivity index (χ1v) is 15.1. The highest BCUT2D eigenvalue weighted by Gasteiger charge is 2.64. The van der Waals surface area contributed by atoms with Crippen LogP contribution in [0, 0.1) is 35.0 Å². The molecule has 2 aliphatic heterocycles. The maximum absolute atomic E-state index is 16.1. The molecule has 2 saturated carbocycles. The molecular weight excluding hydrogens is 509 g/mol. The Morgan fingerprint density at radius 1 is 1.18 bits per heavy atom. The summed E-state index contributed by atoms with van der Waals surface area (Å²) in [6.07, 6.45) is 7.69.